The third kappa shape index (κ3) is 3.26. The topological polar surface area (TPSA) is 52.6 Å². The Morgan fingerprint density at radius 3 is 2.59 bits per heavy atom. The smallest absolute Gasteiger partial charge is 0.333 e. The van der Waals surface area contributed by atoms with Gasteiger partial charge in [0, 0.05) is 12.5 Å². The van der Waals surface area contributed by atoms with Gasteiger partial charge in [-0.1, -0.05) is 19.6 Å². The Labute approximate surface area is 132 Å². The maximum atomic E-state index is 11.8. The molecule has 0 aliphatic heterocycles. The molecule has 2 aliphatic carbocycles. The number of allylic oxidation sites excluding steroid dienone is 1. The second kappa shape index (κ2) is 6.67. The summed E-state index contributed by atoms with van der Waals surface area (Å²) in [4.78, 5) is 23.1. The van der Waals surface area contributed by atoms with E-state index in [4.69, 9.17) is 9.47 Å². The van der Waals surface area contributed by atoms with Gasteiger partial charge in [0.1, 0.15) is 6.10 Å². The fraction of sp³-hybridized carbons (Fsp3) is 0.667. The van der Waals surface area contributed by atoms with Crippen molar-refractivity contribution in [1.29, 1.82) is 0 Å². The summed E-state index contributed by atoms with van der Waals surface area (Å²) in [5.41, 5.74) is 1.65. The first-order valence-electron chi connectivity index (χ1n) is 7.97. The molecule has 0 radical (unpaired) electrons. The zero-order valence-corrected chi connectivity index (χ0v) is 13.9. The van der Waals surface area contributed by atoms with Crippen LogP contribution in [0.3, 0.4) is 0 Å². The maximum absolute atomic E-state index is 11.8. The van der Waals surface area contributed by atoms with Crippen LogP contribution < -0.4 is 0 Å². The minimum atomic E-state index is -0.313. The molecule has 0 amide bonds. The Kier molecular flexibility index (Phi) is 5.09. The monoisotopic (exact) mass is 306 g/mol. The number of carbonyl (C=O) groups is 2. The van der Waals surface area contributed by atoms with Gasteiger partial charge in [-0.2, -0.15) is 0 Å². The minimum Gasteiger partial charge on any atom is -0.466 e. The molecular formula is C18H26O4. The molecule has 2 rings (SSSR count). The number of ether oxygens (including phenoxy) is 2. The third-order valence-corrected chi connectivity index (χ3v) is 5.28. The Morgan fingerprint density at radius 1 is 1.32 bits per heavy atom. The average Bonchev–Trinajstić information content (AvgIpc) is 2.47. The van der Waals surface area contributed by atoms with Gasteiger partial charge in [0.15, 0.2) is 0 Å². The Morgan fingerprint density at radius 2 is 2.00 bits per heavy atom. The molecule has 1 saturated carbocycles. The van der Waals surface area contributed by atoms with Crippen LogP contribution in [0.2, 0.25) is 0 Å². The van der Waals surface area contributed by atoms with Gasteiger partial charge >= 0.3 is 11.9 Å². The molecule has 0 bridgehead atoms. The van der Waals surface area contributed by atoms with Gasteiger partial charge in [-0.15, -0.1) is 0 Å². The van der Waals surface area contributed by atoms with Crippen LogP contribution in [0.1, 0.15) is 40.0 Å². The zero-order valence-electron chi connectivity index (χ0n) is 13.9. The summed E-state index contributed by atoms with van der Waals surface area (Å²) in [6, 6.07) is 0. The minimum absolute atomic E-state index is 0.127. The Balaban J connectivity index is 2.26. The summed E-state index contributed by atoms with van der Waals surface area (Å²) in [5.74, 6) is 0.813. The Hall–Kier alpha value is -1.58. The lowest BCUT2D eigenvalue weighted by Gasteiger charge is -2.45. The summed E-state index contributed by atoms with van der Waals surface area (Å²) >= 11 is 0. The highest BCUT2D eigenvalue weighted by atomic mass is 16.5. The lowest BCUT2D eigenvalue weighted by molar-refractivity contribution is -0.146. The lowest BCUT2D eigenvalue weighted by Crippen LogP contribution is -2.41. The van der Waals surface area contributed by atoms with Gasteiger partial charge in [-0.3, -0.25) is 4.79 Å². The van der Waals surface area contributed by atoms with E-state index in [1.807, 2.05) is 6.92 Å². The summed E-state index contributed by atoms with van der Waals surface area (Å²) in [7, 11) is 1.40. The van der Waals surface area contributed by atoms with E-state index in [2.05, 4.69) is 19.6 Å². The van der Waals surface area contributed by atoms with E-state index in [0.717, 1.165) is 24.8 Å². The first-order chi connectivity index (χ1) is 10.3. The number of hydrogen-bond acceptors (Lipinski definition) is 4. The largest absolute Gasteiger partial charge is 0.466 e. The second-order valence-corrected chi connectivity index (χ2v) is 6.66. The highest BCUT2D eigenvalue weighted by Gasteiger charge is 2.43. The van der Waals surface area contributed by atoms with Gasteiger partial charge in [0.05, 0.1) is 7.11 Å². The summed E-state index contributed by atoms with van der Waals surface area (Å²) in [6.45, 7) is 9.66. The highest BCUT2D eigenvalue weighted by Crippen LogP contribution is 2.48. The van der Waals surface area contributed by atoms with Gasteiger partial charge in [0.25, 0.3) is 0 Å². The SMILES string of the molecule is C=C(C(=O)OC)[C@@H]1CC[C@@H](C)[C@@H]2C[C@@H](OC(C)=O)C(C)=C[C@@H]21. The molecule has 0 aromatic carbocycles. The normalized spacial score (nSPS) is 34.2. The van der Waals surface area contributed by atoms with Crippen molar-refractivity contribution in [2.24, 2.45) is 23.7 Å². The molecule has 0 spiro atoms. The van der Waals surface area contributed by atoms with Gasteiger partial charge in [-0.05, 0) is 55.4 Å². The van der Waals surface area contributed by atoms with Crippen molar-refractivity contribution in [1.82, 2.24) is 0 Å². The molecule has 4 nitrogen and oxygen atoms in total. The standard InChI is InChI=1S/C18H26O4/c1-10-6-7-14(12(3)18(20)21-5)16-8-11(2)17(9-15(10)16)22-13(4)19/h8,10,14-17H,3,6-7,9H2,1-2,4-5H3/t10-,14+,15+,16-,17-/m1/s1. The van der Waals surface area contributed by atoms with Crippen molar-refractivity contribution in [3.8, 4) is 0 Å². The van der Waals surface area contributed by atoms with Crippen LogP contribution in [-0.2, 0) is 19.1 Å². The molecular weight excluding hydrogens is 280 g/mol. The molecule has 0 heterocycles. The van der Waals surface area contributed by atoms with Gasteiger partial charge in [0.2, 0.25) is 0 Å². The highest BCUT2D eigenvalue weighted by molar-refractivity contribution is 5.88. The molecule has 0 unspecified atom stereocenters. The van der Waals surface area contributed by atoms with Gasteiger partial charge < -0.3 is 9.47 Å². The first kappa shape index (κ1) is 16.8. The van der Waals surface area contributed by atoms with Crippen LogP contribution in [-0.4, -0.2) is 25.2 Å². The van der Waals surface area contributed by atoms with E-state index in [1.54, 1.807) is 0 Å². The van der Waals surface area contributed by atoms with Crippen molar-refractivity contribution < 1.29 is 19.1 Å². The summed E-state index contributed by atoms with van der Waals surface area (Å²) < 4.78 is 10.3. The second-order valence-electron chi connectivity index (χ2n) is 6.66. The number of hydrogen-bond donors (Lipinski definition) is 0. The average molecular weight is 306 g/mol. The molecule has 1 fully saturated rings. The number of rotatable bonds is 3. The molecule has 2 aliphatic rings. The van der Waals surface area contributed by atoms with Crippen LogP contribution in [0.25, 0.3) is 0 Å². The van der Waals surface area contributed by atoms with Crippen molar-refractivity contribution in [3.63, 3.8) is 0 Å². The van der Waals surface area contributed by atoms with E-state index < -0.39 is 0 Å². The van der Waals surface area contributed by atoms with Crippen molar-refractivity contribution in [2.45, 2.75) is 46.1 Å². The fourth-order valence-electron chi connectivity index (χ4n) is 4.03. The molecule has 4 heteroatoms. The number of methoxy groups -OCH3 is 1. The van der Waals surface area contributed by atoms with Crippen LogP contribution in [0, 0.1) is 23.7 Å². The van der Waals surface area contributed by atoms with E-state index >= 15 is 0 Å². The lowest BCUT2D eigenvalue weighted by atomic mass is 9.60. The zero-order chi connectivity index (χ0) is 16.4. The maximum Gasteiger partial charge on any atom is 0.333 e. The number of esters is 2. The molecule has 0 N–H and O–H groups in total. The fourth-order valence-corrected chi connectivity index (χ4v) is 4.03. The predicted octanol–water partition coefficient (Wildman–Crippen LogP) is 3.28. The van der Waals surface area contributed by atoms with E-state index in [9.17, 15) is 9.59 Å². The van der Waals surface area contributed by atoms with Crippen molar-refractivity contribution in [3.05, 3.63) is 23.8 Å². The summed E-state index contributed by atoms with van der Waals surface area (Å²) in [5, 5.41) is 0. The predicted molar refractivity (Wildman–Crippen MR) is 84.0 cm³/mol. The van der Waals surface area contributed by atoms with Crippen LogP contribution >= 0.6 is 0 Å². The number of carbonyl (C=O) groups excluding carboxylic acids is 2. The molecule has 0 saturated heterocycles. The Bertz CT molecular complexity index is 505. The molecule has 122 valence electrons. The quantitative estimate of drug-likeness (QED) is 0.456. The third-order valence-electron chi connectivity index (χ3n) is 5.28. The first-order valence-corrected chi connectivity index (χ1v) is 7.97. The molecule has 0 aromatic heterocycles. The summed E-state index contributed by atoms with van der Waals surface area (Å²) in [6.07, 6.45) is 4.90. The van der Waals surface area contributed by atoms with Gasteiger partial charge in [-0.25, -0.2) is 4.79 Å². The van der Waals surface area contributed by atoms with Crippen molar-refractivity contribution in [2.75, 3.05) is 7.11 Å². The van der Waals surface area contributed by atoms with Crippen molar-refractivity contribution >= 4 is 11.9 Å². The van der Waals surface area contributed by atoms with E-state index in [0.29, 0.717) is 17.4 Å². The van der Waals surface area contributed by atoms with E-state index in [-0.39, 0.29) is 29.9 Å². The van der Waals surface area contributed by atoms with Crippen LogP contribution in [0.4, 0.5) is 0 Å². The molecule has 0 aromatic rings. The molecule has 5 atom stereocenters. The number of fused-ring (bicyclic) bond motifs is 1. The molecule has 22 heavy (non-hydrogen) atoms. The van der Waals surface area contributed by atoms with E-state index in [1.165, 1.54) is 14.0 Å². The van der Waals surface area contributed by atoms with Crippen LogP contribution in [0.5, 0.6) is 0 Å². The van der Waals surface area contributed by atoms with Crippen LogP contribution in [0.15, 0.2) is 23.8 Å².